The molecule has 0 heterocycles. The molecule has 17 heavy (non-hydrogen) atoms. The van der Waals surface area contributed by atoms with Crippen LogP contribution < -0.4 is 0 Å². The Bertz CT molecular complexity index is 310. The normalized spacial score (nSPS) is 19.2. The SMILES string of the molecule is C.CC.CC1(C)CCC(C)(C)c2ccccc21. The van der Waals surface area contributed by atoms with Gasteiger partial charge in [0.25, 0.3) is 0 Å². The van der Waals surface area contributed by atoms with Gasteiger partial charge in [-0.1, -0.05) is 73.2 Å². The fourth-order valence-electron chi connectivity index (χ4n) is 2.56. The molecule has 0 bridgehead atoms. The predicted octanol–water partition coefficient (Wildman–Crippen LogP) is 5.70. The van der Waals surface area contributed by atoms with Crippen molar-refractivity contribution in [3.63, 3.8) is 0 Å². The highest BCUT2D eigenvalue weighted by molar-refractivity contribution is 5.40. The summed E-state index contributed by atoms with van der Waals surface area (Å²) in [5.74, 6) is 0. The Labute approximate surface area is 108 Å². The fourth-order valence-corrected chi connectivity index (χ4v) is 2.56. The van der Waals surface area contributed by atoms with Crippen molar-refractivity contribution in [3.8, 4) is 0 Å². The Morgan fingerprint density at radius 3 is 1.35 bits per heavy atom. The predicted molar refractivity (Wildman–Crippen MR) is 79.8 cm³/mol. The van der Waals surface area contributed by atoms with Crippen LogP contribution in [0.5, 0.6) is 0 Å². The van der Waals surface area contributed by atoms with Gasteiger partial charge in [0, 0.05) is 0 Å². The zero-order valence-electron chi connectivity index (χ0n) is 11.7. The van der Waals surface area contributed by atoms with Crippen LogP contribution in [0.15, 0.2) is 24.3 Å². The molecule has 1 aliphatic carbocycles. The number of rotatable bonds is 0. The van der Waals surface area contributed by atoms with Crippen LogP contribution in [-0.2, 0) is 10.8 Å². The van der Waals surface area contributed by atoms with Gasteiger partial charge in [-0.3, -0.25) is 0 Å². The van der Waals surface area contributed by atoms with E-state index in [1.54, 1.807) is 11.1 Å². The first-order valence-electron chi connectivity index (χ1n) is 6.53. The van der Waals surface area contributed by atoms with Crippen LogP contribution >= 0.6 is 0 Å². The van der Waals surface area contributed by atoms with Gasteiger partial charge in [0.05, 0.1) is 0 Å². The van der Waals surface area contributed by atoms with E-state index in [1.165, 1.54) is 12.8 Å². The lowest BCUT2D eigenvalue weighted by molar-refractivity contribution is 0.332. The lowest BCUT2D eigenvalue weighted by Gasteiger charge is -2.41. The lowest BCUT2D eigenvalue weighted by atomic mass is 9.63. The van der Waals surface area contributed by atoms with Gasteiger partial charge in [0.15, 0.2) is 0 Å². The minimum absolute atomic E-state index is 0. The summed E-state index contributed by atoms with van der Waals surface area (Å²) in [6, 6.07) is 8.94. The van der Waals surface area contributed by atoms with Gasteiger partial charge in [0.2, 0.25) is 0 Å². The van der Waals surface area contributed by atoms with Crippen LogP contribution in [0.3, 0.4) is 0 Å². The maximum Gasteiger partial charge on any atom is -0.0100 e. The van der Waals surface area contributed by atoms with Crippen molar-refractivity contribution < 1.29 is 0 Å². The first kappa shape index (κ1) is 16.2. The summed E-state index contributed by atoms with van der Waals surface area (Å²) in [6.07, 6.45) is 2.61. The van der Waals surface area contributed by atoms with E-state index in [2.05, 4.69) is 52.0 Å². The summed E-state index contributed by atoms with van der Waals surface area (Å²) >= 11 is 0. The number of hydrogen-bond donors (Lipinski definition) is 0. The molecule has 0 saturated heterocycles. The summed E-state index contributed by atoms with van der Waals surface area (Å²) in [7, 11) is 0. The average Bonchev–Trinajstić information content (AvgIpc) is 2.28. The second-order valence-corrected chi connectivity index (χ2v) is 5.81. The minimum atomic E-state index is 0. The third-order valence-corrected chi connectivity index (χ3v) is 3.76. The first-order valence-corrected chi connectivity index (χ1v) is 6.53. The molecule has 1 aromatic carbocycles. The summed E-state index contributed by atoms with van der Waals surface area (Å²) < 4.78 is 0. The molecule has 0 atom stereocenters. The molecule has 0 saturated carbocycles. The van der Waals surface area contributed by atoms with Gasteiger partial charge in [-0.15, -0.1) is 0 Å². The number of hydrogen-bond acceptors (Lipinski definition) is 0. The fraction of sp³-hybridized carbons (Fsp3) is 0.647. The molecule has 0 nitrogen and oxygen atoms in total. The van der Waals surface area contributed by atoms with Crippen molar-refractivity contribution in [2.45, 2.75) is 72.6 Å². The maximum atomic E-state index is 2.36. The molecule has 0 fully saturated rings. The highest BCUT2D eigenvalue weighted by Crippen LogP contribution is 2.45. The van der Waals surface area contributed by atoms with Crippen LogP contribution in [0.1, 0.15) is 72.9 Å². The lowest BCUT2D eigenvalue weighted by Crippen LogP contribution is -2.33. The van der Waals surface area contributed by atoms with Crippen LogP contribution in [-0.4, -0.2) is 0 Å². The number of fused-ring (bicyclic) bond motifs is 1. The Morgan fingerprint density at radius 1 is 0.765 bits per heavy atom. The zero-order chi connectivity index (χ0) is 12.4. The van der Waals surface area contributed by atoms with Gasteiger partial charge in [-0.25, -0.2) is 0 Å². The molecule has 0 aromatic heterocycles. The summed E-state index contributed by atoms with van der Waals surface area (Å²) in [5.41, 5.74) is 3.84. The molecule has 1 aromatic rings. The molecule has 0 heteroatoms. The summed E-state index contributed by atoms with van der Waals surface area (Å²) in [6.45, 7) is 13.4. The number of benzene rings is 1. The third kappa shape index (κ3) is 3.12. The van der Waals surface area contributed by atoms with E-state index < -0.39 is 0 Å². The quantitative estimate of drug-likeness (QED) is 0.540. The smallest absolute Gasteiger partial charge is 0.0100 e. The van der Waals surface area contributed by atoms with Crippen LogP contribution in [0.4, 0.5) is 0 Å². The molecule has 0 N–H and O–H groups in total. The van der Waals surface area contributed by atoms with E-state index in [0.717, 1.165) is 0 Å². The molecular weight excluding hydrogens is 204 g/mol. The minimum Gasteiger partial charge on any atom is -0.0776 e. The zero-order valence-corrected chi connectivity index (χ0v) is 11.7. The average molecular weight is 234 g/mol. The van der Waals surface area contributed by atoms with Gasteiger partial charge in [0.1, 0.15) is 0 Å². The molecule has 2 rings (SSSR count). The van der Waals surface area contributed by atoms with Crippen molar-refractivity contribution in [2.75, 3.05) is 0 Å². The van der Waals surface area contributed by atoms with Gasteiger partial charge >= 0.3 is 0 Å². The topological polar surface area (TPSA) is 0 Å². The Balaban J connectivity index is 0.000000811. The van der Waals surface area contributed by atoms with Gasteiger partial charge < -0.3 is 0 Å². The van der Waals surface area contributed by atoms with E-state index in [4.69, 9.17) is 0 Å². The van der Waals surface area contributed by atoms with E-state index in [1.807, 2.05) is 13.8 Å². The molecule has 0 radical (unpaired) electrons. The Morgan fingerprint density at radius 2 is 1.06 bits per heavy atom. The summed E-state index contributed by atoms with van der Waals surface area (Å²) in [5, 5.41) is 0. The van der Waals surface area contributed by atoms with Crippen LogP contribution in [0, 0.1) is 0 Å². The molecule has 0 spiro atoms. The second kappa shape index (κ2) is 5.71. The standard InChI is InChI=1S/C14H20.C2H6.CH4/c1-13(2)9-10-14(3,4)12-8-6-5-7-11(12)13;1-2;/h5-8H,9-10H2,1-4H3;1-2H3;1H4. The largest absolute Gasteiger partial charge is 0.0776 e. The molecule has 1 aliphatic rings. The van der Waals surface area contributed by atoms with Crippen LogP contribution in [0.25, 0.3) is 0 Å². The first-order chi connectivity index (χ1) is 7.43. The van der Waals surface area contributed by atoms with Crippen molar-refractivity contribution in [1.82, 2.24) is 0 Å². The molecule has 0 aliphatic heterocycles. The Hall–Kier alpha value is -0.780. The van der Waals surface area contributed by atoms with Gasteiger partial charge in [-0.05, 0) is 34.8 Å². The van der Waals surface area contributed by atoms with Gasteiger partial charge in [-0.2, -0.15) is 0 Å². The van der Waals surface area contributed by atoms with Crippen molar-refractivity contribution >= 4 is 0 Å². The van der Waals surface area contributed by atoms with Crippen molar-refractivity contribution in [2.24, 2.45) is 0 Å². The molecule has 0 amide bonds. The van der Waals surface area contributed by atoms with Crippen molar-refractivity contribution in [3.05, 3.63) is 35.4 Å². The van der Waals surface area contributed by atoms with E-state index >= 15 is 0 Å². The summed E-state index contributed by atoms with van der Waals surface area (Å²) in [4.78, 5) is 0. The third-order valence-electron chi connectivity index (χ3n) is 3.76. The second-order valence-electron chi connectivity index (χ2n) is 5.81. The Kier molecular flexibility index (Phi) is 5.45. The van der Waals surface area contributed by atoms with E-state index in [0.29, 0.717) is 10.8 Å². The van der Waals surface area contributed by atoms with Crippen molar-refractivity contribution in [1.29, 1.82) is 0 Å². The van der Waals surface area contributed by atoms with Crippen LogP contribution in [0.2, 0.25) is 0 Å². The molecule has 0 unspecified atom stereocenters. The van der Waals surface area contributed by atoms with E-state index in [-0.39, 0.29) is 7.43 Å². The highest BCUT2D eigenvalue weighted by Gasteiger charge is 2.36. The molecule has 98 valence electrons. The maximum absolute atomic E-state index is 2.36. The molecular formula is C17H30. The highest BCUT2D eigenvalue weighted by atomic mass is 14.4. The van der Waals surface area contributed by atoms with E-state index in [9.17, 15) is 0 Å². The monoisotopic (exact) mass is 234 g/mol.